The van der Waals surface area contributed by atoms with Crippen LogP contribution in [0.15, 0.2) is 42.5 Å². The highest BCUT2D eigenvalue weighted by molar-refractivity contribution is 6.33. The number of nitrogens with one attached hydrogen (secondary N) is 2. The van der Waals surface area contributed by atoms with E-state index in [9.17, 15) is 19.7 Å². The van der Waals surface area contributed by atoms with E-state index in [1.54, 1.807) is 37.3 Å². The topological polar surface area (TPSA) is 101 Å². The predicted molar refractivity (Wildman–Crippen MR) is 94.8 cm³/mol. The summed E-state index contributed by atoms with van der Waals surface area (Å²) < 4.78 is 0. The lowest BCUT2D eigenvalue weighted by atomic mass is 10.1. The van der Waals surface area contributed by atoms with E-state index in [4.69, 9.17) is 11.6 Å². The van der Waals surface area contributed by atoms with Crippen molar-refractivity contribution in [2.45, 2.75) is 19.9 Å². The highest BCUT2D eigenvalue weighted by atomic mass is 35.5. The van der Waals surface area contributed by atoms with Crippen LogP contribution in [0.1, 0.15) is 22.8 Å². The summed E-state index contributed by atoms with van der Waals surface area (Å²) in [5.41, 5.74) is 1.12. The summed E-state index contributed by atoms with van der Waals surface area (Å²) in [5.74, 6) is -0.979. The Hall–Kier alpha value is -2.93. The molecule has 0 aliphatic carbocycles. The summed E-state index contributed by atoms with van der Waals surface area (Å²) in [6.45, 7) is 3.23. The normalized spacial score (nSPS) is 11.5. The van der Waals surface area contributed by atoms with E-state index in [0.29, 0.717) is 11.3 Å². The molecule has 0 bridgehead atoms. The molecule has 130 valence electrons. The molecule has 8 heteroatoms. The van der Waals surface area contributed by atoms with Gasteiger partial charge in [0.15, 0.2) is 0 Å². The van der Waals surface area contributed by atoms with Crippen molar-refractivity contribution in [1.29, 1.82) is 0 Å². The van der Waals surface area contributed by atoms with Gasteiger partial charge in [-0.1, -0.05) is 29.8 Å². The number of hydrogen-bond donors (Lipinski definition) is 2. The number of hydrogen-bond acceptors (Lipinski definition) is 4. The molecule has 2 aromatic carbocycles. The van der Waals surface area contributed by atoms with E-state index in [2.05, 4.69) is 10.6 Å². The number of carbonyl (C=O) groups excluding carboxylic acids is 2. The Kier molecular flexibility index (Phi) is 5.71. The number of nitro groups is 1. The Balaban J connectivity index is 2.08. The fourth-order valence-corrected chi connectivity index (χ4v) is 2.31. The number of anilines is 1. The fourth-order valence-electron chi connectivity index (χ4n) is 2.08. The second-order valence-electron chi connectivity index (χ2n) is 5.42. The summed E-state index contributed by atoms with van der Waals surface area (Å²) in [6, 6.07) is 9.80. The molecule has 7 nitrogen and oxygen atoms in total. The van der Waals surface area contributed by atoms with Gasteiger partial charge in [-0.05, 0) is 31.5 Å². The van der Waals surface area contributed by atoms with Crippen LogP contribution >= 0.6 is 11.6 Å². The van der Waals surface area contributed by atoms with Gasteiger partial charge < -0.3 is 10.6 Å². The second-order valence-corrected chi connectivity index (χ2v) is 5.83. The molecule has 0 fully saturated rings. The van der Waals surface area contributed by atoms with E-state index in [-0.39, 0.29) is 16.3 Å². The molecule has 0 saturated heterocycles. The van der Waals surface area contributed by atoms with Crippen molar-refractivity contribution in [1.82, 2.24) is 5.32 Å². The van der Waals surface area contributed by atoms with Crippen molar-refractivity contribution in [2.75, 3.05) is 5.32 Å². The SMILES string of the molecule is Cc1ccc([N+](=O)[O-])cc1NC(=O)[C@H](C)NC(=O)c1ccccc1Cl. The van der Waals surface area contributed by atoms with Gasteiger partial charge in [0.2, 0.25) is 5.91 Å². The molecule has 0 spiro atoms. The first-order valence-electron chi connectivity index (χ1n) is 7.41. The largest absolute Gasteiger partial charge is 0.340 e. The van der Waals surface area contributed by atoms with Gasteiger partial charge in [-0.25, -0.2) is 0 Å². The Morgan fingerprint density at radius 1 is 1.20 bits per heavy atom. The lowest BCUT2D eigenvalue weighted by Gasteiger charge is -2.15. The van der Waals surface area contributed by atoms with Crippen LogP contribution in [0.2, 0.25) is 5.02 Å². The van der Waals surface area contributed by atoms with Crippen LogP contribution in [0.4, 0.5) is 11.4 Å². The standard InChI is InChI=1S/C17H16ClN3O4/c1-10-7-8-12(21(24)25)9-15(10)20-16(22)11(2)19-17(23)13-5-3-4-6-14(13)18/h3-9,11H,1-2H3,(H,19,23)(H,20,22)/t11-/m0/s1. The average Bonchev–Trinajstić information content (AvgIpc) is 2.56. The number of nitro benzene ring substituents is 1. The molecule has 0 heterocycles. The number of amides is 2. The zero-order valence-electron chi connectivity index (χ0n) is 13.6. The third kappa shape index (κ3) is 4.54. The number of benzene rings is 2. The maximum atomic E-state index is 12.3. The molecular formula is C17H16ClN3O4. The molecule has 2 rings (SSSR count). The van der Waals surface area contributed by atoms with Crippen LogP contribution in [0.5, 0.6) is 0 Å². The molecular weight excluding hydrogens is 346 g/mol. The van der Waals surface area contributed by atoms with Gasteiger partial charge in [-0.15, -0.1) is 0 Å². The Morgan fingerprint density at radius 3 is 2.52 bits per heavy atom. The van der Waals surface area contributed by atoms with Crippen molar-refractivity contribution < 1.29 is 14.5 Å². The number of non-ortho nitro benzene ring substituents is 1. The van der Waals surface area contributed by atoms with E-state index in [1.165, 1.54) is 19.1 Å². The van der Waals surface area contributed by atoms with Gasteiger partial charge in [0.1, 0.15) is 6.04 Å². The van der Waals surface area contributed by atoms with E-state index < -0.39 is 22.8 Å². The molecule has 0 saturated carbocycles. The zero-order chi connectivity index (χ0) is 18.6. The molecule has 0 unspecified atom stereocenters. The lowest BCUT2D eigenvalue weighted by molar-refractivity contribution is -0.384. The number of carbonyl (C=O) groups is 2. The van der Waals surface area contributed by atoms with Crippen LogP contribution < -0.4 is 10.6 Å². The summed E-state index contributed by atoms with van der Waals surface area (Å²) in [5, 5.41) is 16.3. The van der Waals surface area contributed by atoms with Gasteiger partial charge >= 0.3 is 0 Å². The third-order valence-electron chi connectivity index (χ3n) is 3.55. The van der Waals surface area contributed by atoms with Crippen LogP contribution in [0.25, 0.3) is 0 Å². The Bertz CT molecular complexity index is 838. The van der Waals surface area contributed by atoms with Crippen LogP contribution in [-0.4, -0.2) is 22.8 Å². The molecule has 2 amide bonds. The second kappa shape index (κ2) is 7.76. The quantitative estimate of drug-likeness (QED) is 0.630. The first-order chi connectivity index (χ1) is 11.8. The first kappa shape index (κ1) is 18.4. The lowest BCUT2D eigenvalue weighted by Crippen LogP contribution is -2.41. The van der Waals surface area contributed by atoms with Gasteiger partial charge in [0, 0.05) is 12.1 Å². The van der Waals surface area contributed by atoms with Crippen LogP contribution in [-0.2, 0) is 4.79 Å². The van der Waals surface area contributed by atoms with E-state index in [0.717, 1.165) is 0 Å². The summed E-state index contributed by atoms with van der Waals surface area (Å²) in [4.78, 5) is 34.7. The maximum absolute atomic E-state index is 12.3. The van der Waals surface area contributed by atoms with Crippen molar-refractivity contribution >= 4 is 34.8 Å². The summed E-state index contributed by atoms with van der Waals surface area (Å²) in [6.07, 6.45) is 0. The number of nitrogens with zero attached hydrogens (tertiary/aromatic N) is 1. The predicted octanol–water partition coefficient (Wildman–Crippen LogP) is 3.31. The van der Waals surface area contributed by atoms with E-state index >= 15 is 0 Å². The third-order valence-corrected chi connectivity index (χ3v) is 3.88. The average molecular weight is 362 g/mol. The van der Waals surface area contributed by atoms with Crippen molar-refractivity contribution in [3.8, 4) is 0 Å². The minimum Gasteiger partial charge on any atom is -0.340 e. The number of halogens is 1. The van der Waals surface area contributed by atoms with Crippen molar-refractivity contribution in [3.05, 3.63) is 68.7 Å². The van der Waals surface area contributed by atoms with Gasteiger partial charge in [-0.3, -0.25) is 19.7 Å². The van der Waals surface area contributed by atoms with Crippen LogP contribution in [0.3, 0.4) is 0 Å². The Labute approximate surface area is 149 Å². The number of aryl methyl sites for hydroxylation is 1. The molecule has 0 aliphatic heterocycles. The number of rotatable bonds is 5. The minimum atomic E-state index is -0.859. The smallest absolute Gasteiger partial charge is 0.271 e. The molecule has 1 atom stereocenters. The van der Waals surface area contributed by atoms with Crippen LogP contribution in [0, 0.1) is 17.0 Å². The maximum Gasteiger partial charge on any atom is 0.271 e. The monoisotopic (exact) mass is 361 g/mol. The summed E-state index contributed by atoms with van der Waals surface area (Å²) >= 11 is 5.95. The molecule has 2 N–H and O–H groups in total. The van der Waals surface area contributed by atoms with Crippen molar-refractivity contribution in [3.63, 3.8) is 0 Å². The zero-order valence-corrected chi connectivity index (χ0v) is 14.3. The highest BCUT2D eigenvalue weighted by Gasteiger charge is 2.19. The summed E-state index contributed by atoms with van der Waals surface area (Å²) in [7, 11) is 0. The molecule has 25 heavy (non-hydrogen) atoms. The molecule has 2 aromatic rings. The fraction of sp³-hybridized carbons (Fsp3) is 0.176. The highest BCUT2D eigenvalue weighted by Crippen LogP contribution is 2.22. The van der Waals surface area contributed by atoms with Gasteiger partial charge in [0.25, 0.3) is 11.6 Å². The molecule has 0 aromatic heterocycles. The molecule has 0 aliphatic rings. The minimum absolute atomic E-state index is 0.131. The molecule has 0 radical (unpaired) electrons. The van der Waals surface area contributed by atoms with Gasteiger partial charge in [-0.2, -0.15) is 0 Å². The Morgan fingerprint density at radius 2 is 1.88 bits per heavy atom. The van der Waals surface area contributed by atoms with Crippen molar-refractivity contribution in [2.24, 2.45) is 0 Å². The van der Waals surface area contributed by atoms with Gasteiger partial charge in [0.05, 0.1) is 21.2 Å². The first-order valence-corrected chi connectivity index (χ1v) is 7.78. The van der Waals surface area contributed by atoms with E-state index in [1.807, 2.05) is 0 Å².